The predicted octanol–water partition coefficient (Wildman–Crippen LogP) is 3.09. The fourth-order valence-corrected chi connectivity index (χ4v) is 3.49. The van der Waals surface area contributed by atoms with Crippen LogP contribution in [0.3, 0.4) is 0 Å². The monoisotopic (exact) mass is 370 g/mol. The third-order valence-electron chi connectivity index (χ3n) is 4.25. The van der Waals surface area contributed by atoms with Crippen LogP contribution in [0, 0.1) is 13.8 Å². The van der Waals surface area contributed by atoms with E-state index in [0.717, 1.165) is 28.9 Å². The molecule has 0 spiro atoms. The number of nitrogens with zero attached hydrogens (tertiary/aromatic N) is 1. The summed E-state index contributed by atoms with van der Waals surface area (Å²) in [5, 5.41) is 2.98. The molecule has 0 bridgehead atoms. The highest BCUT2D eigenvalue weighted by atomic mass is 32.2. The summed E-state index contributed by atoms with van der Waals surface area (Å²) in [5.41, 5.74) is 2.97. The Morgan fingerprint density at radius 2 is 2.04 bits per heavy atom. The first-order chi connectivity index (χ1) is 12.5. The smallest absolute Gasteiger partial charge is 0.261 e. The lowest BCUT2D eigenvalue weighted by molar-refractivity contribution is 0.0932. The lowest BCUT2D eigenvalue weighted by Gasteiger charge is -2.17. The Morgan fingerprint density at radius 3 is 2.73 bits per heavy atom. The maximum absolute atomic E-state index is 12.8. The van der Waals surface area contributed by atoms with Crippen LogP contribution in [0.1, 0.15) is 39.9 Å². The molecular weight excluding hydrogens is 348 g/mol. The molecule has 3 aromatic rings. The number of aryl methyl sites for hydroxylation is 2. The minimum Gasteiger partial charge on any atom is -0.342 e. The number of hydrogen-bond donors (Lipinski definition) is 3. The molecule has 7 heteroatoms. The van der Waals surface area contributed by atoms with E-state index in [1.54, 1.807) is 31.7 Å². The molecule has 6 nitrogen and oxygen atoms in total. The summed E-state index contributed by atoms with van der Waals surface area (Å²) < 4.78 is 0. The first kappa shape index (κ1) is 18.3. The topological polar surface area (TPSA) is 90.6 Å². The Kier molecular flexibility index (Phi) is 5.46. The summed E-state index contributed by atoms with van der Waals surface area (Å²) in [6, 6.07) is 9.26. The number of imidazole rings is 1. The number of fused-ring (bicyclic) bond motifs is 1. The second-order valence-electron chi connectivity index (χ2n) is 6.29. The fourth-order valence-electron chi connectivity index (χ4n) is 3.02. The van der Waals surface area contributed by atoms with Crippen molar-refractivity contribution in [2.75, 3.05) is 12.0 Å². The van der Waals surface area contributed by atoms with Gasteiger partial charge < -0.3 is 15.3 Å². The number of benzene rings is 1. The molecule has 136 valence electrons. The number of carbonyl (C=O) groups is 1. The summed E-state index contributed by atoms with van der Waals surface area (Å²) >= 11 is 1.70. The number of nitrogens with one attached hydrogen (secondary N) is 3. The third-order valence-corrected chi connectivity index (χ3v) is 4.89. The maximum atomic E-state index is 12.8. The quantitative estimate of drug-likeness (QED) is 0.622. The molecule has 0 fully saturated rings. The van der Waals surface area contributed by atoms with Gasteiger partial charge in [0.15, 0.2) is 0 Å². The Labute approximate surface area is 155 Å². The van der Waals surface area contributed by atoms with Crippen LogP contribution >= 0.6 is 11.8 Å². The van der Waals surface area contributed by atoms with Crippen molar-refractivity contribution in [2.24, 2.45) is 0 Å². The molecule has 0 aliphatic rings. The van der Waals surface area contributed by atoms with E-state index in [4.69, 9.17) is 0 Å². The van der Waals surface area contributed by atoms with Crippen molar-refractivity contribution in [3.63, 3.8) is 0 Å². The van der Waals surface area contributed by atoms with E-state index in [-0.39, 0.29) is 23.1 Å². The number of H-pyrrole nitrogens is 2. The van der Waals surface area contributed by atoms with Crippen molar-refractivity contribution >= 4 is 28.7 Å². The van der Waals surface area contributed by atoms with Gasteiger partial charge in [-0.2, -0.15) is 11.8 Å². The molecule has 0 saturated carbocycles. The Bertz CT molecular complexity index is 960. The number of carbonyl (C=O) groups excluding carboxylic acids is 1. The van der Waals surface area contributed by atoms with Crippen LogP contribution in [0.15, 0.2) is 35.1 Å². The van der Waals surface area contributed by atoms with E-state index in [2.05, 4.69) is 20.3 Å². The van der Waals surface area contributed by atoms with E-state index in [1.807, 2.05) is 30.5 Å². The summed E-state index contributed by atoms with van der Waals surface area (Å²) in [6.07, 6.45) is 2.74. The van der Waals surface area contributed by atoms with Crippen molar-refractivity contribution in [3.05, 3.63) is 63.3 Å². The number of rotatable bonds is 6. The van der Waals surface area contributed by atoms with Crippen molar-refractivity contribution in [1.82, 2.24) is 20.3 Å². The number of hydrogen-bond acceptors (Lipinski definition) is 4. The Balaban J connectivity index is 1.91. The molecule has 0 aliphatic heterocycles. The van der Waals surface area contributed by atoms with Crippen LogP contribution in [-0.2, 0) is 0 Å². The van der Waals surface area contributed by atoms with Crippen molar-refractivity contribution in [1.29, 1.82) is 0 Å². The summed E-state index contributed by atoms with van der Waals surface area (Å²) in [5.74, 6) is 1.19. The highest BCUT2D eigenvalue weighted by Gasteiger charge is 2.22. The van der Waals surface area contributed by atoms with Crippen LogP contribution in [0.25, 0.3) is 11.0 Å². The number of thioether (sulfide) groups is 1. The zero-order chi connectivity index (χ0) is 18.7. The van der Waals surface area contributed by atoms with E-state index >= 15 is 0 Å². The number of pyridine rings is 1. The van der Waals surface area contributed by atoms with E-state index in [0.29, 0.717) is 11.4 Å². The Morgan fingerprint density at radius 1 is 1.27 bits per heavy atom. The SMILES string of the molecule is CSCCC(NC(=O)c1c(C)cc(C)[nH]c1=O)c1nc2ccccc2[nH]1. The van der Waals surface area contributed by atoms with Crippen LogP contribution in [0.4, 0.5) is 0 Å². The van der Waals surface area contributed by atoms with Gasteiger partial charge >= 0.3 is 0 Å². The summed E-state index contributed by atoms with van der Waals surface area (Å²) in [7, 11) is 0. The maximum Gasteiger partial charge on any atom is 0.261 e. The van der Waals surface area contributed by atoms with Gasteiger partial charge in [-0.05, 0) is 56.0 Å². The van der Waals surface area contributed by atoms with Gasteiger partial charge in [0.05, 0.1) is 17.1 Å². The largest absolute Gasteiger partial charge is 0.342 e. The van der Waals surface area contributed by atoms with Gasteiger partial charge in [0.25, 0.3) is 11.5 Å². The molecule has 1 unspecified atom stereocenters. The molecule has 0 radical (unpaired) electrons. The second kappa shape index (κ2) is 7.78. The third kappa shape index (κ3) is 3.83. The fraction of sp³-hybridized carbons (Fsp3) is 0.316. The summed E-state index contributed by atoms with van der Waals surface area (Å²) in [4.78, 5) is 35.6. The lowest BCUT2D eigenvalue weighted by atomic mass is 10.1. The van der Waals surface area contributed by atoms with E-state index < -0.39 is 0 Å². The first-order valence-corrected chi connectivity index (χ1v) is 9.84. The Hall–Kier alpha value is -2.54. The lowest BCUT2D eigenvalue weighted by Crippen LogP contribution is -2.34. The van der Waals surface area contributed by atoms with Crippen LogP contribution < -0.4 is 10.9 Å². The number of aromatic nitrogens is 3. The average molecular weight is 370 g/mol. The first-order valence-electron chi connectivity index (χ1n) is 8.44. The molecule has 3 N–H and O–H groups in total. The van der Waals surface area contributed by atoms with Gasteiger partial charge in [0, 0.05) is 5.69 Å². The number of amides is 1. The van der Waals surface area contributed by atoms with Crippen LogP contribution in [0.2, 0.25) is 0 Å². The highest BCUT2D eigenvalue weighted by molar-refractivity contribution is 7.98. The molecular formula is C19H22N4O2S. The standard InChI is InChI=1S/C19H22N4O2S/c1-11-10-12(2)20-18(24)16(11)19(25)23-15(8-9-26-3)17-21-13-6-4-5-7-14(13)22-17/h4-7,10,15H,8-9H2,1-3H3,(H,20,24)(H,21,22)(H,23,25). The van der Waals surface area contributed by atoms with Gasteiger partial charge in [0.1, 0.15) is 11.4 Å². The zero-order valence-electron chi connectivity index (χ0n) is 15.1. The summed E-state index contributed by atoms with van der Waals surface area (Å²) in [6.45, 7) is 3.57. The van der Waals surface area contributed by atoms with Crippen molar-refractivity contribution in [3.8, 4) is 0 Å². The highest BCUT2D eigenvalue weighted by Crippen LogP contribution is 2.20. The van der Waals surface area contributed by atoms with Crippen molar-refractivity contribution < 1.29 is 4.79 Å². The predicted molar refractivity (Wildman–Crippen MR) is 106 cm³/mol. The molecule has 26 heavy (non-hydrogen) atoms. The molecule has 1 aromatic carbocycles. The van der Waals surface area contributed by atoms with Crippen LogP contribution in [-0.4, -0.2) is 32.9 Å². The number of aromatic amines is 2. The van der Waals surface area contributed by atoms with Crippen LogP contribution in [0.5, 0.6) is 0 Å². The normalized spacial score (nSPS) is 12.3. The van der Waals surface area contributed by atoms with Gasteiger partial charge in [-0.1, -0.05) is 12.1 Å². The molecule has 2 heterocycles. The molecule has 1 atom stereocenters. The van der Waals surface area contributed by atoms with Gasteiger partial charge in [-0.3, -0.25) is 9.59 Å². The minimum absolute atomic E-state index is 0.154. The molecule has 2 aromatic heterocycles. The average Bonchev–Trinajstić information content (AvgIpc) is 3.01. The molecule has 3 rings (SSSR count). The molecule has 1 amide bonds. The second-order valence-corrected chi connectivity index (χ2v) is 7.27. The van der Waals surface area contributed by atoms with Gasteiger partial charge in [0.2, 0.25) is 0 Å². The van der Waals surface area contributed by atoms with Crippen molar-refractivity contribution in [2.45, 2.75) is 26.3 Å². The van der Waals surface area contributed by atoms with Gasteiger partial charge in [-0.15, -0.1) is 0 Å². The minimum atomic E-state index is -0.379. The van der Waals surface area contributed by atoms with Gasteiger partial charge in [-0.25, -0.2) is 4.98 Å². The zero-order valence-corrected chi connectivity index (χ0v) is 15.9. The molecule has 0 saturated heterocycles. The molecule has 0 aliphatic carbocycles. The van der Waals surface area contributed by atoms with E-state index in [1.165, 1.54) is 0 Å². The van der Waals surface area contributed by atoms with E-state index in [9.17, 15) is 9.59 Å². The number of para-hydroxylation sites is 2.